The molecule has 8 nitrogen and oxygen atoms in total. The van der Waals surface area contributed by atoms with Crippen molar-refractivity contribution in [1.82, 2.24) is 25.1 Å². The zero-order valence-electron chi connectivity index (χ0n) is 17.2. The van der Waals surface area contributed by atoms with Gasteiger partial charge in [-0.2, -0.15) is 0 Å². The number of sulfone groups is 1. The molecule has 2 atom stereocenters. The number of aromatic amines is 1. The van der Waals surface area contributed by atoms with Crippen LogP contribution >= 0.6 is 0 Å². The second-order valence-corrected chi connectivity index (χ2v) is 10.2. The number of carbonyl (C=O) groups is 1. The molecule has 0 aliphatic carbocycles. The summed E-state index contributed by atoms with van der Waals surface area (Å²) in [5.41, 5.74) is -0.797. The van der Waals surface area contributed by atoms with Crippen LogP contribution in [0.25, 0.3) is 5.65 Å². The van der Waals surface area contributed by atoms with Crippen molar-refractivity contribution >= 4 is 21.4 Å². The third-order valence-electron chi connectivity index (χ3n) is 6.19. The van der Waals surface area contributed by atoms with Crippen LogP contribution in [0.2, 0.25) is 0 Å². The minimum absolute atomic E-state index is 0.0617. The molecule has 2 N–H and O–H groups in total. The van der Waals surface area contributed by atoms with Crippen molar-refractivity contribution in [3.8, 4) is 0 Å². The molecule has 156 valence electrons. The van der Waals surface area contributed by atoms with E-state index in [1.807, 2.05) is 6.92 Å². The van der Waals surface area contributed by atoms with E-state index in [0.29, 0.717) is 11.5 Å². The van der Waals surface area contributed by atoms with Crippen LogP contribution in [0.5, 0.6) is 0 Å². The van der Waals surface area contributed by atoms with E-state index < -0.39 is 20.8 Å². The summed E-state index contributed by atoms with van der Waals surface area (Å²) in [5, 5.41) is 14.5. The largest absolute Gasteiger partial charge is 0.342 e. The highest BCUT2D eigenvalue weighted by molar-refractivity contribution is 7.90. The number of hydrogen-bond donors (Lipinski definition) is 2. The molecule has 0 saturated carbocycles. The van der Waals surface area contributed by atoms with Crippen molar-refractivity contribution in [2.75, 3.05) is 6.26 Å². The Bertz CT molecular complexity index is 964. The van der Waals surface area contributed by atoms with Crippen molar-refractivity contribution in [3.05, 3.63) is 11.9 Å². The number of aromatic nitrogens is 4. The molecular weight excluding hydrogens is 378 g/mol. The summed E-state index contributed by atoms with van der Waals surface area (Å²) in [5.74, 6) is 0.621. The predicted molar refractivity (Wildman–Crippen MR) is 107 cm³/mol. The van der Waals surface area contributed by atoms with Gasteiger partial charge in [0.1, 0.15) is 5.54 Å². The number of hydrogen-bond acceptors (Lipinski definition) is 5. The molecule has 28 heavy (non-hydrogen) atoms. The number of carbonyl (C=O) groups excluding carboxylic acids is 1. The molecule has 1 aliphatic rings. The van der Waals surface area contributed by atoms with Gasteiger partial charge in [-0.25, -0.2) is 12.9 Å². The number of fused-ring (bicyclic) bond motifs is 1. The molecule has 1 fully saturated rings. The summed E-state index contributed by atoms with van der Waals surface area (Å²) < 4.78 is 25.4. The third-order valence-corrected chi connectivity index (χ3v) is 7.19. The van der Waals surface area contributed by atoms with Crippen LogP contribution in [0, 0.1) is 5.41 Å². The van der Waals surface area contributed by atoms with Crippen LogP contribution in [-0.2, 0) is 20.2 Å². The Kier molecular flexibility index (Phi) is 5.58. The summed E-state index contributed by atoms with van der Waals surface area (Å²) in [6.45, 7) is 6.28. The van der Waals surface area contributed by atoms with Gasteiger partial charge in [-0.1, -0.05) is 52.4 Å². The topological polar surface area (TPSA) is 109 Å². The first kappa shape index (κ1) is 20.8. The van der Waals surface area contributed by atoms with E-state index in [2.05, 4.69) is 34.5 Å². The van der Waals surface area contributed by atoms with Gasteiger partial charge in [-0.3, -0.25) is 9.89 Å². The quantitative estimate of drug-likeness (QED) is 0.463. The Morgan fingerprint density at radius 1 is 1.07 bits per heavy atom. The Hall–Kier alpha value is -1.90. The lowest BCUT2D eigenvalue weighted by Gasteiger charge is -2.56. The maximum Gasteiger partial charge on any atom is 0.229 e. The smallest absolute Gasteiger partial charge is 0.229 e. The van der Waals surface area contributed by atoms with Crippen LogP contribution in [0.4, 0.5) is 0 Å². The van der Waals surface area contributed by atoms with Crippen molar-refractivity contribution in [2.24, 2.45) is 5.41 Å². The van der Waals surface area contributed by atoms with Crippen LogP contribution < -0.4 is 5.32 Å². The SMILES string of the molecule is CCCCCCC1(CCCC)C(=O)NC1(C)c1nnc2cc(S(C)(=O)=O)[nH]n12. The summed E-state index contributed by atoms with van der Waals surface area (Å²) >= 11 is 0. The normalized spacial score (nSPS) is 25.1. The first-order chi connectivity index (χ1) is 13.2. The Balaban J connectivity index is 2.01. The predicted octanol–water partition coefficient (Wildman–Crippen LogP) is 2.95. The molecule has 3 heterocycles. The standard InChI is InChI=1S/C19H31N5O3S/c1-5-7-9-10-12-19(11-8-6-2)17(25)20-18(19,3)16-22-21-14-13-15(23-24(14)16)28(4,26)27/h13,23H,5-12H2,1-4H3,(H,20,25). The fourth-order valence-electron chi connectivity index (χ4n) is 4.36. The zero-order valence-corrected chi connectivity index (χ0v) is 18.0. The maximum atomic E-state index is 12.9. The average Bonchev–Trinajstić information content (AvgIpc) is 3.21. The highest BCUT2D eigenvalue weighted by Crippen LogP contribution is 2.53. The second-order valence-electron chi connectivity index (χ2n) is 8.19. The molecule has 0 bridgehead atoms. The molecule has 0 aromatic carbocycles. The molecule has 1 amide bonds. The fraction of sp³-hybridized carbons (Fsp3) is 0.737. The molecule has 9 heteroatoms. The van der Waals surface area contributed by atoms with E-state index in [1.165, 1.54) is 6.07 Å². The van der Waals surface area contributed by atoms with Gasteiger partial charge in [-0.15, -0.1) is 10.2 Å². The Labute approximate surface area is 166 Å². The first-order valence-electron chi connectivity index (χ1n) is 10.2. The molecule has 3 rings (SSSR count). The number of nitrogens with zero attached hydrogens (tertiary/aromatic N) is 3. The number of unbranched alkanes of at least 4 members (excludes halogenated alkanes) is 4. The van der Waals surface area contributed by atoms with Crippen LogP contribution in [0.1, 0.15) is 78.0 Å². The average molecular weight is 410 g/mol. The number of H-pyrrole nitrogens is 1. The third kappa shape index (κ3) is 3.23. The molecular formula is C19H31N5O3S. The minimum Gasteiger partial charge on any atom is -0.342 e. The van der Waals surface area contributed by atoms with Gasteiger partial charge in [0, 0.05) is 12.3 Å². The fourth-order valence-corrected chi connectivity index (χ4v) is 4.94. The van der Waals surface area contributed by atoms with E-state index in [9.17, 15) is 13.2 Å². The Morgan fingerprint density at radius 2 is 1.75 bits per heavy atom. The maximum absolute atomic E-state index is 12.9. The number of β-lactam (4-membered cyclic amide) rings is 1. The van der Waals surface area contributed by atoms with Gasteiger partial charge < -0.3 is 5.32 Å². The lowest BCUT2D eigenvalue weighted by Crippen LogP contribution is -2.73. The van der Waals surface area contributed by atoms with Crippen molar-refractivity contribution < 1.29 is 13.2 Å². The van der Waals surface area contributed by atoms with Gasteiger partial charge in [0.2, 0.25) is 5.91 Å². The van der Waals surface area contributed by atoms with Crippen molar-refractivity contribution in [3.63, 3.8) is 0 Å². The van der Waals surface area contributed by atoms with Gasteiger partial charge in [0.05, 0.1) is 5.41 Å². The monoisotopic (exact) mass is 409 g/mol. The summed E-state index contributed by atoms with van der Waals surface area (Å²) in [7, 11) is -3.39. The van der Waals surface area contributed by atoms with Gasteiger partial charge in [0.25, 0.3) is 0 Å². The van der Waals surface area contributed by atoms with Crippen LogP contribution in [0.15, 0.2) is 11.1 Å². The molecule has 1 saturated heterocycles. The number of rotatable bonds is 10. The molecule has 2 aromatic rings. The molecule has 1 aliphatic heterocycles. The van der Waals surface area contributed by atoms with E-state index in [-0.39, 0.29) is 10.9 Å². The zero-order chi connectivity index (χ0) is 20.6. The minimum atomic E-state index is -3.39. The number of nitrogens with one attached hydrogen (secondary N) is 2. The van der Waals surface area contributed by atoms with Gasteiger partial charge >= 0.3 is 0 Å². The van der Waals surface area contributed by atoms with E-state index in [1.54, 1.807) is 4.52 Å². The van der Waals surface area contributed by atoms with E-state index in [0.717, 1.165) is 57.6 Å². The molecule has 2 aromatic heterocycles. The second kappa shape index (κ2) is 7.50. The van der Waals surface area contributed by atoms with Gasteiger partial charge in [-0.05, 0) is 19.8 Å². The summed E-state index contributed by atoms with van der Waals surface area (Å²) in [4.78, 5) is 12.9. The van der Waals surface area contributed by atoms with E-state index >= 15 is 0 Å². The lowest BCUT2D eigenvalue weighted by molar-refractivity contribution is -0.160. The van der Waals surface area contributed by atoms with Crippen molar-refractivity contribution in [2.45, 2.75) is 82.7 Å². The Morgan fingerprint density at radius 3 is 2.36 bits per heavy atom. The highest BCUT2D eigenvalue weighted by Gasteiger charge is 2.65. The van der Waals surface area contributed by atoms with E-state index in [4.69, 9.17) is 0 Å². The molecule has 0 spiro atoms. The summed E-state index contributed by atoms with van der Waals surface area (Å²) in [6.07, 6.45) is 9.09. The first-order valence-corrected chi connectivity index (χ1v) is 12.1. The van der Waals surface area contributed by atoms with Crippen molar-refractivity contribution in [1.29, 1.82) is 0 Å². The van der Waals surface area contributed by atoms with Crippen LogP contribution in [0.3, 0.4) is 0 Å². The number of amides is 1. The highest BCUT2D eigenvalue weighted by atomic mass is 32.2. The molecule has 2 unspecified atom stereocenters. The molecule has 0 radical (unpaired) electrons. The summed E-state index contributed by atoms with van der Waals surface area (Å²) in [6, 6.07) is 1.48. The van der Waals surface area contributed by atoms with Gasteiger partial charge in [0.15, 0.2) is 26.3 Å². The lowest BCUT2D eigenvalue weighted by atomic mass is 9.57. The van der Waals surface area contributed by atoms with Crippen LogP contribution in [-0.4, -0.2) is 40.4 Å².